The van der Waals surface area contributed by atoms with Gasteiger partial charge in [-0.15, -0.1) is 0 Å². The lowest BCUT2D eigenvalue weighted by Gasteiger charge is -2.43. The molecular formula is C45H48NO+. The van der Waals surface area contributed by atoms with Gasteiger partial charge in [-0.05, 0) is 116 Å². The van der Waals surface area contributed by atoms with Crippen molar-refractivity contribution in [2.45, 2.75) is 91.2 Å². The van der Waals surface area contributed by atoms with Crippen LogP contribution in [0.5, 0.6) is 0 Å². The van der Waals surface area contributed by atoms with Gasteiger partial charge in [-0.25, -0.2) is 4.57 Å². The van der Waals surface area contributed by atoms with E-state index in [9.17, 15) is 1.37 Å². The van der Waals surface area contributed by atoms with E-state index in [-0.39, 0.29) is 33.2 Å². The van der Waals surface area contributed by atoms with E-state index in [1.54, 1.807) is 17.7 Å². The number of rotatable bonds is 4. The van der Waals surface area contributed by atoms with E-state index < -0.39 is 26.4 Å². The Kier molecular flexibility index (Phi) is 5.26. The Morgan fingerprint density at radius 1 is 0.702 bits per heavy atom. The van der Waals surface area contributed by atoms with Gasteiger partial charge in [-0.2, -0.15) is 0 Å². The summed E-state index contributed by atoms with van der Waals surface area (Å²) in [6.45, 7) is -6.45. The first-order chi connectivity index (χ1) is 26.8. The zero-order valence-electron chi connectivity index (χ0n) is 37.3. The maximum Gasteiger partial charge on any atom is 0.216 e. The highest BCUT2D eigenvalue weighted by molar-refractivity contribution is 6.13. The average molecular weight is 629 g/mol. The van der Waals surface area contributed by atoms with Crippen LogP contribution in [0.15, 0.2) is 89.5 Å². The van der Waals surface area contributed by atoms with Gasteiger partial charge in [0.05, 0.1) is 5.56 Å². The molecule has 47 heavy (non-hydrogen) atoms. The highest BCUT2D eigenvalue weighted by Gasteiger charge is 2.36. The second-order valence-corrected chi connectivity index (χ2v) is 14.0. The van der Waals surface area contributed by atoms with Crippen molar-refractivity contribution in [1.29, 1.82) is 0 Å². The number of nitrogens with zero attached hydrogens (tertiary/aromatic N) is 1. The number of hydrogen-bond donors (Lipinski definition) is 0. The molecule has 2 nitrogen and oxygen atoms in total. The van der Waals surface area contributed by atoms with Gasteiger partial charge in [0.25, 0.3) is 0 Å². The summed E-state index contributed by atoms with van der Waals surface area (Å²) in [7, 11) is 1.73. The fourth-order valence-corrected chi connectivity index (χ4v) is 8.54. The summed E-state index contributed by atoms with van der Waals surface area (Å²) in [6, 6.07) is 24.5. The summed E-state index contributed by atoms with van der Waals surface area (Å²) in [5.74, 6) is -1.17. The molecule has 0 amide bonds. The number of aryl methyl sites for hydroxylation is 5. The summed E-state index contributed by atoms with van der Waals surface area (Å²) in [5, 5.41) is 1.75. The average Bonchev–Trinajstić information content (AvgIpc) is 3.54. The molecule has 0 saturated heterocycles. The summed E-state index contributed by atoms with van der Waals surface area (Å²) >= 11 is 0. The molecule has 4 aromatic carbocycles. The molecule has 0 N–H and O–H groups in total. The monoisotopic (exact) mass is 628 g/mol. The van der Waals surface area contributed by atoms with E-state index in [0.717, 1.165) is 53.1 Å². The second kappa shape index (κ2) is 11.8. The van der Waals surface area contributed by atoms with Gasteiger partial charge in [0.1, 0.15) is 18.2 Å². The van der Waals surface area contributed by atoms with Crippen LogP contribution in [0, 0.1) is 32.9 Å². The lowest BCUT2D eigenvalue weighted by molar-refractivity contribution is -0.660. The van der Waals surface area contributed by atoms with Gasteiger partial charge in [0, 0.05) is 41.7 Å². The van der Waals surface area contributed by atoms with Crippen LogP contribution in [0.25, 0.3) is 55.4 Å². The molecule has 238 valence electrons. The molecule has 6 aromatic rings. The van der Waals surface area contributed by atoms with Gasteiger partial charge < -0.3 is 4.42 Å². The molecular weight excluding hydrogens is 571 g/mol. The van der Waals surface area contributed by atoms with Crippen molar-refractivity contribution in [1.82, 2.24) is 0 Å². The van der Waals surface area contributed by atoms with E-state index in [4.69, 9.17) is 16.8 Å². The highest BCUT2D eigenvalue weighted by Crippen LogP contribution is 2.51. The lowest BCUT2D eigenvalue weighted by atomic mass is 9.62. The summed E-state index contributed by atoms with van der Waals surface area (Å²) < 4.78 is 97.0. The van der Waals surface area contributed by atoms with E-state index >= 15 is 0 Å². The number of fused-ring (bicyclic) bond motifs is 3. The number of para-hydroxylation sites is 1. The Morgan fingerprint density at radius 2 is 1.43 bits per heavy atom. The predicted octanol–water partition coefficient (Wildman–Crippen LogP) is 12.3. The number of benzene rings is 4. The molecule has 0 atom stereocenters. The van der Waals surface area contributed by atoms with E-state index in [1.165, 1.54) is 37.6 Å². The Labute approximate surface area is 294 Å². The minimum atomic E-state index is -2.83. The largest absolute Gasteiger partial charge is 0.454 e. The van der Waals surface area contributed by atoms with Crippen LogP contribution in [-0.2, 0) is 7.05 Å². The van der Waals surface area contributed by atoms with E-state index in [1.807, 2.05) is 67.6 Å². The highest BCUT2D eigenvalue weighted by atomic mass is 16.3. The van der Waals surface area contributed by atoms with Crippen LogP contribution in [0.1, 0.15) is 105 Å². The van der Waals surface area contributed by atoms with E-state index in [2.05, 4.69) is 0 Å². The third-order valence-electron chi connectivity index (χ3n) is 11.1. The van der Waals surface area contributed by atoms with Gasteiger partial charge in [-0.3, -0.25) is 0 Å². The molecule has 2 heteroatoms. The quantitative estimate of drug-likeness (QED) is 0.178. The van der Waals surface area contributed by atoms with Crippen LogP contribution in [0.3, 0.4) is 0 Å². The zero-order chi connectivity index (χ0) is 40.7. The van der Waals surface area contributed by atoms with Crippen LogP contribution in [0.4, 0.5) is 0 Å². The first-order valence-corrected chi connectivity index (χ1v) is 17.0. The maximum absolute atomic E-state index is 9.70. The molecule has 0 radical (unpaired) electrons. The molecule has 2 aliphatic rings. The van der Waals surface area contributed by atoms with Crippen molar-refractivity contribution >= 4 is 21.9 Å². The molecule has 2 fully saturated rings. The topological polar surface area (TPSA) is 17.0 Å². The Morgan fingerprint density at radius 3 is 2.15 bits per heavy atom. The van der Waals surface area contributed by atoms with Gasteiger partial charge in [0.2, 0.25) is 5.69 Å². The van der Waals surface area contributed by atoms with Crippen molar-refractivity contribution in [2.24, 2.45) is 12.5 Å². The molecule has 1 spiro atoms. The fraction of sp³-hybridized carbons (Fsp3) is 0.356. The minimum absolute atomic E-state index is 0.00761. The van der Waals surface area contributed by atoms with Crippen LogP contribution >= 0.6 is 0 Å². The van der Waals surface area contributed by atoms with Gasteiger partial charge >= 0.3 is 0 Å². The van der Waals surface area contributed by atoms with Crippen molar-refractivity contribution in [3.63, 3.8) is 0 Å². The first-order valence-electron chi connectivity index (χ1n) is 22.0. The molecule has 0 aliphatic heterocycles. The molecule has 2 heterocycles. The molecule has 8 rings (SSSR count). The Bertz CT molecular complexity index is 2460. The predicted molar refractivity (Wildman–Crippen MR) is 197 cm³/mol. The molecule has 0 bridgehead atoms. The fourth-order valence-electron chi connectivity index (χ4n) is 8.54. The van der Waals surface area contributed by atoms with Crippen LogP contribution in [0.2, 0.25) is 0 Å². The third kappa shape index (κ3) is 5.21. The smallest absolute Gasteiger partial charge is 0.216 e. The Balaban J connectivity index is 1.37. The molecule has 2 aliphatic carbocycles. The third-order valence-corrected chi connectivity index (χ3v) is 11.1. The van der Waals surface area contributed by atoms with Crippen molar-refractivity contribution < 1.29 is 22.7 Å². The Hall–Kier alpha value is -4.17. The number of aromatic nitrogens is 1. The molecule has 0 unspecified atom stereocenters. The van der Waals surface area contributed by atoms with Crippen LogP contribution < -0.4 is 4.57 Å². The van der Waals surface area contributed by atoms with E-state index in [0.29, 0.717) is 40.8 Å². The summed E-state index contributed by atoms with van der Waals surface area (Å²) in [4.78, 5) is 0. The standard InChI is InChI=1S/C45H48NO/c1-29-17-18-38-37-16-12-15-36(34-13-8-6-9-14-34)43(37)47-44(38)42(29)40-27-39(32(4)28-46(40)5)41-30(2)25-35(26-31(41)3)33-19-23-45(24-20-33)21-10-7-11-22-45/h6,8-9,12-18,25-28,33H,7,10-11,19-24H2,1-5H3/q+1/i2D3,3D3,4D3,33D. The minimum Gasteiger partial charge on any atom is -0.454 e. The zero-order valence-corrected chi connectivity index (χ0v) is 27.3. The van der Waals surface area contributed by atoms with Gasteiger partial charge in [-0.1, -0.05) is 92.1 Å². The van der Waals surface area contributed by atoms with Gasteiger partial charge in [0.15, 0.2) is 6.20 Å². The SMILES string of the molecule is [2H]C([2H])([2H])c1c[n+](C)c(-c2c(C)ccc3c2oc2c(-c4ccccc4)cccc23)cc1-c1c(C([2H])([2H])[2H])cc(C2([2H])CCC3(CCCCC3)CC2)cc1C([2H])([2H])[2H]. The lowest BCUT2D eigenvalue weighted by Crippen LogP contribution is -2.31. The second-order valence-electron chi connectivity index (χ2n) is 14.0. The van der Waals surface area contributed by atoms with Crippen molar-refractivity contribution in [2.75, 3.05) is 0 Å². The summed E-state index contributed by atoms with van der Waals surface area (Å²) in [6.07, 6.45) is 9.98. The number of furan rings is 1. The van der Waals surface area contributed by atoms with Crippen molar-refractivity contribution in [3.05, 3.63) is 113 Å². The normalized spacial score (nSPS) is 21.4. The van der Waals surface area contributed by atoms with Crippen LogP contribution in [-0.4, -0.2) is 0 Å². The maximum atomic E-state index is 9.70. The number of hydrogen-bond acceptors (Lipinski definition) is 1. The molecule has 2 saturated carbocycles. The van der Waals surface area contributed by atoms with Crippen molar-refractivity contribution in [3.8, 4) is 33.5 Å². The number of pyridine rings is 1. The summed E-state index contributed by atoms with van der Waals surface area (Å²) in [5.41, 5.74) is 4.94. The molecule has 2 aromatic heterocycles. The first kappa shape index (κ1) is 20.9.